The Morgan fingerprint density at radius 2 is 1.79 bits per heavy atom. The van der Waals surface area contributed by atoms with Crippen molar-refractivity contribution in [2.45, 2.75) is 58.0 Å². The van der Waals surface area contributed by atoms with Gasteiger partial charge in [0.15, 0.2) is 0 Å². The molecule has 208 valence electrons. The van der Waals surface area contributed by atoms with E-state index in [4.69, 9.17) is 0 Å². The summed E-state index contributed by atoms with van der Waals surface area (Å²) in [6.07, 6.45) is 4.47. The second-order valence-electron chi connectivity index (χ2n) is 11.5. The lowest BCUT2D eigenvalue weighted by molar-refractivity contribution is -0.106. The Labute approximate surface area is 229 Å². The van der Waals surface area contributed by atoms with Crippen molar-refractivity contribution in [2.75, 3.05) is 18.8 Å². The maximum absolute atomic E-state index is 12.9. The molecule has 5 rings (SSSR count). The van der Waals surface area contributed by atoms with Gasteiger partial charge in [-0.25, -0.2) is 4.31 Å². The number of alkyl halides is 3. The molecule has 1 aromatic heterocycles. The van der Waals surface area contributed by atoms with Crippen LogP contribution in [0.25, 0.3) is 10.9 Å². The van der Waals surface area contributed by atoms with Gasteiger partial charge in [0.2, 0.25) is 0 Å². The normalized spacial score (nSPS) is 23.5. The summed E-state index contributed by atoms with van der Waals surface area (Å²) in [7, 11) is -3.38. The van der Waals surface area contributed by atoms with Gasteiger partial charge in [-0.05, 0) is 62.2 Å². The number of rotatable bonds is 6. The molecule has 1 aliphatic carbocycles. The van der Waals surface area contributed by atoms with Crippen LogP contribution < -0.4 is 0 Å². The average molecular weight is 556 g/mol. The molecule has 1 N–H and O–H groups in total. The number of aromatic nitrogens is 2. The quantitative estimate of drug-likeness (QED) is 0.325. The summed E-state index contributed by atoms with van der Waals surface area (Å²) in [5.41, 5.74) is 6.72. The SMILES string of the molecule is C=S(=O)(CC(F)(F)F)N1CCC(c2[nH]nc3ccc(C(c4ccc(C)cc4)C4(C)C=CC(C)=CC4)cc23)CC1. The molecule has 0 saturated carbocycles. The van der Waals surface area contributed by atoms with Crippen LogP contribution >= 0.6 is 0 Å². The number of piperidine rings is 1. The number of nitrogens with zero attached hydrogens (tertiary/aromatic N) is 2. The summed E-state index contributed by atoms with van der Waals surface area (Å²) in [5.74, 6) is 2.29. The van der Waals surface area contributed by atoms with Crippen LogP contribution in [0.15, 0.2) is 66.3 Å². The summed E-state index contributed by atoms with van der Waals surface area (Å²) in [5, 5.41) is 8.82. The maximum atomic E-state index is 12.9. The number of hydrogen-bond donors (Lipinski definition) is 1. The van der Waals surface area contributed by atoms with E-state index in [2.05, 4.69) is 97.5 Å². The highest BCUT2D eigenvalue weighted by Crippen LogP contribution is 2.48. The molecule has 0 spiro atoms. The highest BCUT2D eigenvalue weighted by Gasteiger charge is 2.37. The fourth-order valence-corrected chi connectivity index (χ4v) is 7.70. The monoisotopic (exact) mass is 555 g/mol. The smallest absolute Gasteiger partial charge is 0.281 e. The summed E-state index contributed by atoms with van der Waals surface area (Å²) >= 11 is 0. The van der Waals surface area contributed by atoms with Gasteiger partial charge in [-0.3, -0.25) is 9.31 Å². The number of benzene rings is 2. The molecule has 2 aromatic carbocycles. The van der Waals surface area contributed by atoms with Crippen LogP contribution in [0.5, 0.6) is 0 Å². The van der Waals surface area contributed by atoms with Crippen LogP contribution in [0, 0.1) is 12.3 Å². The fourth-order valence-electron chi connectivity index (χ4n) is 6.13. The first-order chi connectivity index (χ1) is 18.3. The molecule has 3 unspecified atom stereocenters. The summed E-state index contributed by atoms with van der Waals surface area (Å²) in [4.78, 5) is 0. The Balaban J connectivity index is 1.46. The minimum Gasteiger partial charge on any atom is -0.281 e. The third-order valence-electron chi connectivity index (χ3n) is 8.32. The number of nitrogens with one attached hydrogen (secondary N) is 1. The van der Waals surface area contributed by atoms with Crippen molar-refractivity contribution in [1.29, 1.82) is 0 Å². The topological polar surface area (TPSA) is 49.0 Å². The maximum Gasteiger partial charge on any atom is 0.401 e. The van der Waals surface area contributed by atoms with E-state index >= 15 is 0 Å². The van der Waals surface area contributed by atoms with E-state index in [1.807, 2.05) is 0 Å². The van der Waals surface area contributed by atoms with Crippen molar-refractivity contribution in [3.8, 4) is 0 Å². The summed E-state index contributed by atoms with van der Waals surface area (Å²) in [6.45, 7) is 7.15. The molecule has 1 saturated heterocycles. The van der Waals surface area contributed by atoms with Crippen LogP contribution in [0.3, 0.4) is 0 Å². The molecule has 39 heavy (non-hydrogen) atoms. The van der Waals surface area contributed by atoms with E-state index in [1.165, 1.54) is 26.6 Å². The second-order valence-corrected chi connectivity index (χ2v) is 13.8. The molecule has 0 amide bonds. The molecular formula is C31H36F3N3OS. The lowest BCUT2D eigenvalue weighted by Gasteiger charge is -2.37. The van der Waals surface area contributed by atoms with Gasteiger partial charge < -0.3 is 0 Å². The van der Waals surface area contributed by atoms with Gasteiger partial charge in [-0.15, -0.1) is 0 Å². The molecule has 4 nitrogen and oxygen atoms in total. The van der Waals surface area contributed by atoms with Crippen LogP contribution in [-0.2, 0) is 9.71 Å². The third-order valence-corrected chi connectivity index (χ3v) is 10.4. The zero-order valence-corrected chi connectivity index (χ0v) is 23.5. The standard InChI is InChI=1S/C31H36F3N3OS/c1-21-5-7-23(8-6-21)28(30(3)15-11-22(2)12-16-30)25-9-10-27-26(19-25)29(36-35-27)24-13-17-37(18-14-24)39(4,38)20-31(32,33)34/h5-12,15,19,24,28H,4,13-14,16-18,20H2,1-3H3,(H,35,36). The molecular weight excluding hydrogens is 519 g/mol. The van der Waals surface area contributed by atoms with Gasteiger partial charge in [0.1, 0.15) is 5.75 Å². The van der Waals surface area contributed by atoms with E-state index in [0.29, 0.717) is 25.9 Å². The molecule has 0 bridgehead atoms. The average Bonchev–Trinajstić information content (AvgIpc) is 3.29. The van der Waals surface area contributed by atoms with Crippen LogP contribution in [-0.4, -0.2) is 49.6 Å². The Kier molecular flexibility index (Phi) is 7.31. The van der Waals surface area contributed by atoms with Gasteiger partial charge >= 0.3 is 6.18 Å². The molecule has 3 atom stereocenters. The Morgan fingerprint density at radius 3 is 2.41 bits per heavy atom. The molecule has 2 aliphatic rings. The van der Waals surface area contributed by atoms with E-state index in [9.17, 15) is 17.4 Å². The second kappa shape index (κ2) is 10.3. The van der Waals surface area contributed by atoms with E-state index in [-0.39, 0.29) is 17.3 Å². The molecule has 1 fully saturated rings. The predicted octanol–water partition coefficient (Wildman–Crippen LogP) is 7.29. The molecule has 0 radical (unpaired) electrons. The van der Waals surface area contributed by atoms with Crippen molar-refractivity contribution in [3.05, 3.63) is 88.7 Å². The minimum absolute atomic E-state index is 0.0937. The van der Waals surface area contributed by atoms with Crippen molar-refractivity contribution < 1.29 is 17.4 Å². The fraction of sp³-hybridized carbons (Fsp3) is 0.419. The molecule has 8 heteroatoms. The van der Waals surface area contributed by atoms with Gasteiger partial charge in [0.25, 0.3) is 0 Å². The third kappa shape index (κ3) is 5.87. The van der Waals surface area contributed by atoms with E-state index in [1.54, 1.807) is 0 Å². The zero-order valence-electron chi connectivity index (χ0n) is 22.7. The van der Waals surface area contributed by atoms with Gasteiger partial charge in [0.05, 0.1) is 5.52 Å². The lowest BCUT2D eigenvalue weighted by atomic mass is 9.66. The number of halogens is 3. The van der Waals surface area contributed by atoms with E-state index < -0.39 is 21.6 Å². The van der Waals surface area contributed by atoms with Crippen LogP contribution in [0.1, 0.15) is 67.3 Å². The van der Waals surface area contributed by atoms with E-state index in [0.717, 1.165) is 23.0 Å². The summed E-state index contributed by atoms with van der Waals surface area (Å²) < 4.78 is 52.9. The van der Waals surface area contributed by atoms with Crippen molar-refractivity contribution in [3.63, 3.8) is 0 Å². The van der Waals surface area contributed by atoms with Crippen LogP contribution in [0.2, 0.25) is 0 Å². The Morgan fingerprint density at radius 1 is 1.13 bits per heavy atom. The number of aryl methyl sites for hydroxylation is 1. The number of H-pyrrole nitrogens is 1. The highest BCUT2D eigenvalue weighted by molar-refractivity contribution is 7.98. The van der Waals surface area contributed by atoms with Gasteiger partial charge in [-0.1, -0.05) is 66.6 Å². The first kappa shape index (κ1) is 27.7. The van der Waals surface area contributed by atoms with Gasteiger partial charge in [-0.2, -0.15) is 18.3 Å². The summed E-state index contributed by atoms with van der Waals surface area (Å²) in [6, 6.07) is 15.2. The largest absolute Gasteiger partial charge is 0.401 e. The zero-order chi connectivity index (χ0) is 28.0. The molecule has 1 aliphatic heterocycles. The number of aromatic amines is 1. The predicted molar refractivity (Wildman–Crippen MR) is 154 cm³/mol. The number of hydrogen-bond acceptors (Lipinski definition) is 2. The van der Waals surface area contributed by atoms with Gasteiger partial charge in [0, 0.05) is 51.1 Å². The van der Waals surface area contributed by atoms with Crippen molar-refractivity contribution in [1.82, 2.24) is 14.5 Å². The Hall–Kier alpha value is -2.84. The minimum atomic E-state index is -4.50. The lowest BCUT2D eigenvalue weighted by Crippen LogP contribution is -2.42. The van der Waals surface area contributed by atoms with Crippen molar-refractivity contribution >= 4 is 26.5 Å². The first-order valence-electron chi connectivity index (χ1n) is 13.4. The van der Waals surface area contributed by atoms with Crippen LogP contribution in [0.4, 0.5) is 13.2 Å². The molecule has 2 heterocycles. The molecule has 3 aromatic rings. The highest BCUT2D eigenvalue weighted by atomic mass is 32.2. The number of fused-ring (bicyclic) bond motifs is 1. The first-order valence-corrected chi connectivity index (χ1v) is 15.3. The van der Waals surface area contributed by atoms with Crippen molar-refractivity contribution in [2.24, 2.45) is 5.41 Å². The number of allylic oxidation sites excluding steroid dienone is 4. The Bertz CT molecular complexity index is 1510.